The maximum absolute atomic E-state index is 12.9. The van der Waals surface area contributed by atoms with Gasteiger partial charge in [-0.2, -0.15) is 0 Å². The number of rotatable bonds is 4. The Labute approximate surface area is 148 Å². The van der Waals surface area contributed by atoms with E-state index in [1.165, 1.54) is 13.0 Å². The van der Waals surface area contributed by atoms with E-state index in [4.69, 9.17) is 25.9 Å². The van der Waals surface area contributed by atoms with Gasteiger partial charge in [0.25, 0.3) is 0 Å². The molecule has 1 N–H and O–H groups in total. The smallest absolute Gasteiger partial charge is 0.344 e. The molecule has 0 aliphatic rings. The van der Waals surface area contributed by atoms with Gasteiger partial charge in [-0.05, 0) is 32.0 Å². The maximum Gasteiger partial charge on any atom is 0.344 e. The summed E-state index contributed by atoms with van der Waals surface area (Å²) in [5.41, 5.74) is 1.54. The number of ether oxygens (including phenoxy) is 1. The molecule has 25 heavy (non-hydrogen) atoms. The van der Waals surface area contributed by atoms with Crippen molar-refractivity contribution in [3.05, 3.63) is 63.3 Å². The van der Waals surface area contributed by atoms with Gasteiger partial charge in [-0.15, -0.1) is 0 Å². The lowest BCUT2D eigenvalue weighted by Crippen LogP contribution is -2.26. The lowest BCUT2D eigenvalue weighted by Gasteiger charge is -2.14. The van der Waals surface area contributed by atoms with Crippen molar-refractivity contribution in [2.45, 2.75) is 20.0 Å². The Bertz CT molecular complexity index is 1000. The first-order valence-electron chi connectivity index (χ1n) is 7.59. The molecule has 0 aliphatic heterocycles. The van der Waals surface area contributed by atoms with Crippen molar-refractivity contribution in [2.24, 2.45) is 0 Å². The summed E-state index contributed by atoms with van der Waals surface area (Å²) in [5, 5.41) is 9.72. The fourth-order valence-electron chi connectivity index (χ4n) is 2.38. The monoisotopic (exact) mass is 358 g/mol. The Kier molecular flexibility index (Phi) is 4.51. The van der Waals surface area contributed by atoms with Crippen LogP contribution < -0.4 is 10.2 Å². The van der Waals surface area contributed by atoms with Crippen molar-refractivity contribution in [3.8, 4) is 17.1 Å². The second-order valence-corrected chi connectivity index (χ2v) is 6.13. The number of hydrogen-bond acceptors (Lipinski definition) is 4. The zero-order chi connectivity index (χ0) is 18.1. The Morgan fingerprint density at radius 3 is 2.52 bits per heavy atom. The molecule has 3 aromatic rings. The van der Waals surface area contributed by atoms with Gasteiger partial charge >= 0.3 is 5.97 Å². The fourth-order valence-corrected chi connectivity index (χ4v) is 2.55. The van der Waals surface area contributed by atoms with Crippen molar-refractivity contribution < 1.29 is 19.1 Å². The highest BCUT2D eigenvalue weighted by atomic mass is 35.5. The maximum atomic E-state index is 12.9. The van der Waals surface area contributed by atoms with Gasteiger partial charge in [-0.1, -0.05) is 41.4 Å². The van der Waals surface area contributed by atoms with E-state index in [-0.39, 0.29) is 16.9 Å². The molecule has 2 aromatic carbocycles. The van der Waals surface area contributed by atoms with Crippen LogP contribution in [-0.2, 0) is 4.79 Å². The van der Waals surface area contributed by atoms with Crippen LogP contribution in [0.4, 0.5) is 0 Å². The first kappa shape index (κ1) is 17.0. The van der Waals surface area contributed by atoms with Crippen LogP contribution >= 0.6 is 11.6 Å². The summed E-state index contributed by atoms with van der Waals surface area (Å²) >= 11 is 5.96. The van der Waals surface area contributed by atoms with Gasteiger partial charge < -0.3 is 14.3 Å². The number of benzene rings is 2. The number of aliphatic carboxylic acids is 1. The summed E-state index contributed by atoms with van der Waals surface area (Å²) in [6, 6.07) is 12.0. The van der Waals surface area contributed by atoms with Gasteiger partial charge in [0.1, 0.15) is 5.58 Å². The van der Waals surface area contributed by atoms with E-state index in [0.717, 1.165) is 5.56 Å². The summed E-state index contributed by atoms with van der Waals surface area (Å²) in [6.07, 6.45) is -1.20. The molecule has 128 valence electrons. The fraction of sp³-hybridized carbons (Fsp3) is 0.158. The molecular weight excluding hydrogens is 344 g/mol. The topological polar surface area (TPSA) is 76.7 Å². The SMILES string of the molecule is Cc1ccc(-c2oc3ccc(Cl)cc3c(=O)c2OC(C)C(=O)O)cc1. The van der Waals surface area contributed by atoms with E-state index >= 15 is 0 Å². The van der Waals surface area contributed by atoms with E-state index in [1.807, 2.05) is 19.1 Å². The van der Waals surface area contributed by atoms with Crippen LogP contribution in [0.1, 0.15) is 12.5 Å². The highest BCUT2D eigenvalue weighted by molar-refractivity contribution is 6.31. The van der Waals surface area contributed by atoms with Crippen molar-refractivity contribution in [1.82, 2.24) is 0 Å². The number of carboxylic acids is 1. The summed E-state index contributed by atoms with van der Waals surface area (Å²) < 4.78 is 11.3. The van der Waals surface area contributed by atoms with Gasteiger partial charge in [0, 0.05) is 10.6 Å². The average molecular weight is 359 g/mol. The minimum atomic E-state index is -1.20. The number of hydrogen-bond donors (Lipinski definition) is 1. The Morgan fingerprint density at radius 1 is 1.20 bits per heavy atom. The van der Waals surface area contributed by atoms with Crippen LogP contribution in [0.15, 0.2) is 51.7 Å². The first-order chi connectivity index (χ1) is 11.9. The lowest BCUT2D eigenvalue weighted by molar-refractivity contribution is -0.144. The minimum absolute atomic E-state index is 0.145. The highest BCUT2D eigenvalue weighted by Gasteiger charge is 2.22. The molecule has 0 saturated heterocycles. The molecule has 0 aliphatic carbocycles. The Hall–Kier alpha value is -2.79. The molecule has 0 amide bonds. The van der Waals surface area contributed by atoms with E-state index in [1.54, 1.807) is 24.3 Å². The normalized spacial score (nSPS) is 12.1. The zero-order valence-electron chi connectivity index (χ0n) is 13.6. The van der Waals surface area contributed by atoms with Crippen molar-refractivity contribution in [1.29, 1.82) is 0 Å². The van der Waals surface area contributed by atoms with Crippen LogP contribution in [0.2, 0.25) is 5.02 Å². The number of carboxylic acid groups (broad SMARTS) is 1. The van der Waals surface area contributed by atoms with E-state index in [0.29, 0.717) is 16.2 Å². The van der Waals surface area contributed by atoms with Gasteiger partial charge in [-0.3, -0.25) is 4.79 Å². The number of halogens is 1. The molecule has 1 heterocycles. The third-order valence-electron chi connectivity index (χ3n) is 3.77. The molecule has 5 nitrogen and oxygen atoms in total. The molecular formula is C19H15ClO5. The molecule has 1 atom stereocenters. The van der Waals surface area contributed by atoms with Gasteiger partial charge in [0.05, 0.1) is 5.39 Å². The third kappa shape index (κ3) is 3.37. The largest absolute Gasteiger partial charge is 0.479 e. The summed E-state index contributed by atoms with van der Waals surface area (Å²) in [4.78, 5) is 24.0. The van der Waals surface area contributed by atoms with Gasteiger partial charge in [0.2, 0.25) is 11.2 Å². The van der Waals surface area contributed by atoms with Gasteiger partial charge in [0.15, 0.2) is 11.9 Å². The van der Waals surface area contributed by atoms with E-state index in [9.17, 15) is 9.59 Å². The highest BCUT2D eigenvalue weighted by Crippen LogP contribution is 2.32. The van der Waals surface area contributed by atoms with Crippen LogP contribution in [0.25, 0.3) is 22.3 Å². The molecule has 0 fully saturated rings. The Balaban J connectivity index is 2.29. The molecule has 3 rings (SSSR count). The number of carbonyl (C=O) groups is 1. The van der Waals surface area contributed by atoms with Crippen LogP contribution in [0.3, 0.4) is 0 Å². The van der Waals surface area contributed by atoms with Crippen molar-refractivity contribution in [3.63, 3.8) is 0 Å². The average Bonchev–Trinajstić information content (AvgIpc) is 2.58. The van der Waals surface area contributed by atoms with Crippen LogP contribution in [0.5, 0.6) is 5.75 Å². The Morgan fingerprint density at radius 2 is 1.88 bits per heavy atom. The summed E-state index contributed by atoms with van der Waals surface area (Å²) in [7, 11) is 0. The van der Waals surface area contributed by atoms with Crippen molar-refractivity contribution in [2.75, 3.05) is 0 Å². The molecule has 0 spiro atoms. The summed E-state index contributed by atoms with van der Waals surface area (Å²) in [5.74, 6) is -1.14. The molecule has 0 radical (unpaired) electrons. The first-order valence-corrected chi connectivity index (χ1v) is 7.97. The van der Waals surface area contributed by atoms with Crippen molar-refractivity contribution >= 4 is 28.5 Å². The standard InChI is InChI=1S/C19H15ClO5/c1-10-3-5-12(6-4-10)17-18(24-11(2)19(22)23)16(21)14-9-13(20)7-8-15(14)25-17/h3-9,11H,1-2H3,(H,22,23). The molecule has 1 aromatic heterocycles. The zero-order valence-corrected chi connectivity index (χ0v) is 14.3. The minimum Gasteiger partial charge on any atom is -0.479 e. The second-order valence-electron chi connectivity index (χ2n) is 5.69. The second kappa shape index (κ2) is 6.61. The molecule has 6 heteroatoms. The number of fused-ring (bicyclic) bond motifs is 1. The summed E-state index contributed by atoms with van der Waals surface area (Å²) in [6.45, 7) is 3.29. The number of aryl methyl sites for hydroxylation is 1. The van der Waals surface area contributed by atoms with Crippen LogP contribution in [-0.4, -0.2) is 17.2 Å². The van der Waals surface area contributed by atoms with E-state index in [2.05, 4.69) is 0 Å². The van der Waals surface area contributed by atoms with E-state index < -0.39 is 17.5 Å². The quantitative estimate of drug-likeness (QED) is 0.753. The predicted molar refractivity (Wildman–Crippen MR) is 95.4 cm³/mol. The molecule has 0 bridgehead atoms. The molecule has 0 saturated carbocycles. The third-order valence-corrected chi connectivity index (χ3v) is 4.00. The predicted octanol–water partition coefficient (Wildman–Crippen LogP) is 4.27. The molecule has 1 unspecified atom stereocenters. The van der Waals surface area contributed by atoms with Gasteiger partial charge in [-0.25, -0.2) is 4.79 Å². The van der Waals surface area contributed by atoms with Crippen LogP contribution in [0, 0.1) is 6.92 Å². The lowest BCUT2D eigenvalue weighted by atomic mass is 10.1.